The molecule has 2 heterocycles. The van der Waals surface area contributed by atoms with Crippen LogP contribution >= 0.6 is 11.6 Å². The first kappa shape index (κ1) is 15.6. The Hall–Kier alpha value is -1.30. The molecule has 0 N–H and O–H groups in total. The van der Waals surface area contributed by atoms with Gasteiger partial charge in [-0.05, 0) is 32.2 Å². The van der Waals surface area contributed by atoms with Gasteiger partial charge in [-0.2, -0.15) is 0 Å². The molecule has 0 spiro atoms. The van der Waals surface area contributed by atoms with Crippen LogP contribution in [0.5, 0.6) is 5.75 Å². The van der Waals surface area contributed by atoms with Gasteiger partial charge in [0.05, 0.1) is 30.9 Å². The van der Waals surface area contributed by atoms with Gasteiger partial charge in [-0.1, -0.05) is 11.6 Å². The number of benzene rings is 1. The van der Waals surface area contributed by atoms with Crippen LogP contribution in [0.4, 0.5) is 0 Å². The average Bonchev–Trinajstić information content (AvgIpc) is 2.93. The highest BCUT2D eigenvalue weighted by atomic mass is 35.5. The van der Waals surface area contributed by atoms with Crippen molar-refractivity contribution in [3.05, 3.63) is 28.8 Å². The van der Waals surface area contributed by atoms with Gasteiger partial charge in [-0.15, -0.1) is 0 Å². The van der Waals surface area contributed by atoms with Gasteiger partial charge in [-0.25, -0.2) is 0 Å². The van der Waals surface area contributed by atoms with Crippen LogP contribution in [-0.2, 0) is 4.74 Å². The lowest BCUT2D eigenvalue weighted by Gasteiger charge is -2.33. The highest BCUT2D eigenvalue weighted by Crippen LogP contribution is 2.28. The third kappa shape index (κ3) is 2.93. The Kier molecular flexibility index (Phi) is 4.57. The van der Waals surface area contributed by atoms with E-state index in [0.717, 1.165) is 13.2 Å². The molecule has 3 rings (SSSR count). The van der Waals surface area contributed by atoms with E-state index in [9.17, 15) is 4.79 Å². The number of hydrogen-bond donors (Lipinski definition) is 0. The van der Waals surface area contributed by atoms with Gasteiger partial charge in [0.1, 0.15) is 5.75 Å². The lowest BCUT2D eigenvalue weighted by Crippen LogP contribution is -2.48. The van der Waals surface area contributed by atoms with E-state index in [1.165, 1.54) is 0 Å². The topological polar surface area (TPSA) is 42.0 Å². The number of ether oxygens (including phenoxy) is 2. The van der Waals surface area contributed by atoms with Crippen molar-refractivity contribution in [1.82, 2.24) is 9.80 Å². The second kappa shape index (κ2) is 6.44. The minimum Gasteiger partial charge on any atom is -0.493 e. The van der Waals surface area contributed by atoms with Gasteiger partial charge in [-0.3, -0.25) is 9.69 Å². The smallest absolute Gasteiger partial charge is 0.257 e. The summed E-state index contributed by atoms with van der Waals surface area (Å²) in [5.74, 6) is 0.524. The first-order chi connectivity index (χ1) is 10.6. The molecule has 0 aromatic heterocycles. The summed E-state index contributed by atoms with van der Waals surface area (Å²) in [4.78, 5) is 17.0. The number of rotatable bonds is 3. The third-order valence-electron chi connectivity index (χ3n) is 4.34. The lowest BCUT2D eigenvalue weighted by molar-refractivity contribution is -0.0368. The van der Waals surface area contributed by atoms with Crippen molar-refractivity contribution in [2.75, 3.05) is 39.9 Å². The van der Waals surface area contributed by atoms with Gasteiger partial charge in [0.25, 0.3) is 5.91 Å². The molecule has 0 saturated carbocycles. The predicted molar refractivity (Wildman–Crippen MR) is 84.7 cm³/mol. The largest absolute Gasteiger partial charge is 0.493 e. The van der Waals surface area contributed by atoms with Crippen molar-refractivity contribution in [3.63, 3.8) is 0 Å². The zero-order valence-electron chi connectivity index (χ0n) is 12.9. The standard InChI is InChI=1S/C16H21ClN2O3/c1-3-21-14-8-11(17)4-5-12(14)16(20)19-9-13-15(10-19)22-7-6-18(13)2/h4-5,8,13,15H,3,6-7,9-10H2,1-2H3/t13-,15+/m0/s1. The molecule has 0 radical (unpaired) electrons. The summed E-state index contributed by atoms with van der Waals surface area (Å²) < 4.78 is 11.4. The fourth-order valence-corrected chi connectivity index (χ4v) is 3.30. The number of halogens is 1. The first-order valence-corrected chi connectivity index (χ1v) is 8.01. The number of nitrogens with zero attached hydrogens (tertiary/aromatic N) is 2. The normalized spacial score (nSPS) is 25.1. The highest BCUT2D eigenvalue weighted by Gasteiger charge is 2.41. The molecule has 0 aliphatic carbocycles. The van der Waals surface area contributed by atoms with Crippen LogP contribution in [0.3, 0.4) is 0 Å². The van der Waals surface area contributed by atoms with Crippen LogP contribution in [0.2, 0.25) is 5.02 Å². The summed E-state index contributed by atoms with van der Waals surface area (Å²) in [6, 6.07) is 5.44. The fourth-order valence-electron chi connectivity index (χ4n) is 3.14. The van der Waals surface area contributed by atoms with Crippen molar-refractivity contribution in [2.24, 2.45) is 0 Å². The van der Waals surface area contributed by atoms with Crippen molar-refractivity contribution >= 4 is 17.5 Å². The van der Waals surface area contributed by atoms with E-state index >= 15 is 0 Å². The van der Waals surface area contributed by atoms with Gasteiger partial charge in [0.15, 0.2) is 0 Å². The number of fused-ring (bicyclic) bond motifs is 1. The minimum absolute atomic E-state index is 0.0217. The lowest BCUT2D eigenvalue weighted by atomic mass is 10.1. The predicted octanol–water partition coefficient (Wildman–Crippen LogP) is 1.89. The van der Waals surface area contributed by atoms with Gasteiger partial charge in [0, 0.05) is 24.7 Å². The summed E-state index contributed by atoms with van der Waals surface area (Å²) in [7, 11) is 2.09. The summed E-state index contributed by atoms with van der Waals surface area (Å²) >= 11 is 6.00. The maximum atomic E-state index is 12.8. The molecule has 120 valence electrons. The van der Waals surface area contributed by atoms with E-state index < -0.39 is 0 Å². The van der Waals surface area contributed by atoms with E-state index in [-0.39, 0.29) is 18.1 Å². The second-order valence-electron chi connectivity index (χ2n) is 5.74. The highest BCUT2D eigenvalue weighted by molar-refractivity contribution is 6.30. The Balaban J connectivity index is 1.80. The van der Waals surface area contributed by atoms with E-state index in [0.29, 0.717) is 36.0 Å². The summed E-state index contributed by atoms with van der Waals surface area (Å²) in [5, 5.41) is 0.568. The van der Waals surface area contributed by atoms with Crippen LogP contribution in [0.25, 0.3) is 0 Å². The SMILES string of the molecule is CCOc1cc(Cl)ccc1C(=O)N1C[C@H]2OCCN(C)[C@H]2C1. The van der Waals surface area contributed by atoms with Crippen LogP contribution in [-0.4, -0.2) is 67.7 Å². The molecule has 2 aliphatic rings. The molecule has 2 aliphatic heterocycles. The number of likely N-dealkylation sites (tertiary alicyclic amines) is 1. The molecule has 1 amide bonds. The molecule has 2 saturated heterocycles. The van der Waals surface area contributed by atoms with Crippen molar-refractivity contribution < 1.29 is 14.3 Å². The van der Waals surface area contributed by atoms with Crippen LogP contribution in [0.15, 0.2) is 18.2 Å². The molecule has 22 heavy (non-hydrogen) atoms. The maximum absolute atomic E-state index is 12.8. The molecule has 5 nitrogen and oxygen atoms in total. The van der Waals surface area contributed by atoms with Crippen molar-refractivity contribution in [1.29, 1.82) is 0 Å². The zero-order valence-corrected chi connectivity index (χ0v) is 13.7. The monoisotopic (exact) mass is 324 g/mol. The summed E-state index contributed by atoms with van der Waals surface area (Å²) in [6.07, 6.45) is 0.102. The number of amides is 1. The average molecular weight is 325 g/mol. The Labute approximate surface area is 135 Å². The molecular weight excluding hydrogens is 304 g/mol. The summed E-state index contributed by atoms with van der Waals surface area (Å²) in [6.45, 7) is 5.34. The molecule has 2 atom stereocenters. The number of morpholine rings is 1. The van der Waals surface area contributed by atoms with E-state index in [4.69, 9.17) is 21.1 Å². The van der Waals surface area contributed by atoms with Gasteiger partial charge < -0.3 is 14.4 Å². The number of carbonyl (C=O) groups is 1. The number of carbonyl (C=O) groups excluding carboxylic acids is 1. The Morgan fingerprint density at radius 3 is 3.00 bits per heavy atom. The summed E-state index contributed by atoms with van der Waals surface area (Å²) in [5.41, 5.74) is 0.563. The molecule has 0 bridgehead atoms. The quantitative estimate of drug-likeness (QED) is 0.851. The Morgan fingerprint density at radius 1 is 1.45 bits per heavy atom. The van der Waals surface area contributed by atoms with E-state index in [1.54, 1.807) is 18.2 Å². The molecule has 0 unspecified atom stereocenters. The Bertz CT molecular complexity index is 566. The first-order valence-electron chi connectivity index (χ1n) is 7.63. The number of hydrogen-bond acceptors (Lipinski definition) is 4. The van der Waals surface area contributed by atoms with E-state index in [2.05, 4.69) is 11.9 Å². The fraction of sp³-hybridized carbons (Fsp3) is 0.562. The van der Waals surface area contributed by atoms with Crippen molar-refractivity contribution in [3.8, 4) is 5.75 Å². The van der Waals surface area contributed by atoms with Crippen molar-refractivity contribution in [2.45, 2.75) is 19.1 Å². The second-order valence-corrected chi connectivity index (χ2v) is 6.18. The zero-order chi connectivity index (χ0) is 15.7. The van der Waals surface area contributed by atoms with Crippen LogP contribution in [0, 0.1) is 0 Å². The molecule has 1 aromatic rings. The van der Waals surface area contributed by atoms with Gasteiger partial charge >= 0.3 is 0 Å². The Morgan fingerprint density at radius 2 is 2.27 bits per heavy atom. The molecule has 1 aromatic carbocycles. The maximum Gasteiger partial charge on any atom is 0.257 e. The molecule has 6 heteroatoms. The number of likely N-dealkylation sites (N-methyl/N-ethyl adjacent to an activating group) is 1. The van der Waals surface area contributed by atoms with E-state index in [1.807, 2.05) is 11.8 Å². The molecule has 2 fully saturated rings. The van der Waals surface area contributed by atoms with Gasteiger partial charge in [0.2, 0.25) is 0 Å². The minimum atomic E-state index is -0.0217. The third-order valence-corrected chi connectivity index (χ3v) is 4.58. The molecular formula is C16H21ClN2O3. The van der Waals surface area contributed by atoms with Crippen LogP contribution in [0.1, 0.15) is 17.3 Å². The van der Waals surface area contributed by atoms with Crippen LogP contribution < -0.4 is 4.74 Å².